The Bertz CT molecular complexity index is 488. The summed E-state index contributed by atoms with van der Waals surface area (Å²) in [5.74, 6) is 1.78. The quantitative estimate of drug-likeness (QED) is 0.854. The minimum atomic E-state index is 0.690. The Hall–Kier alpha value is -1.84. The predicted octanol–water partition coefficient (Wildman–Crippen LogP) is 2.11. The van der Waals surface area contributed by atoms with Gasteiger partial charge in [-0.2, -0.15) is 0 Å². The molecule has 4 heteroatoms. The molecule has 0 amide bonds. The molecular formula is C12H16N4. The second-order valence-corrected chi connectivity index (χ2v) is 3.89. The molecule has 0 aliphatic heterocycles. The number of aryl methyl sites for hydroxylation is 2. The Labute approximate surface area is 95.1 Å². The predicted molar refractivity (Wildman–Crippen MR) is 64.5 cm³/mol. The van der Waals surface area contributed by atoms with Gasteiger partial charge in [0.05, 0.1) is 5.69 Å². The Morgan fingerprint density at radius 3 is 2.88 bits per heavy atom. The topological polar surface area (TPSA) is 56.7 Å². The van der Waals surface area contributed by atoms with Crippen molar-refractivity contribution < 1.29 is 0 Å². The zero-order valence-corrected chi connectivity index (χ0v) is 9.64. The second kappa shape index (κ2) is 4.35. The minimum Gasteiger partial charge on any atom is -0.396 e. The van der Waals surface area contributed by atoms with Crippen molar-refractivity contribution in [1.29, 1.82) is 0 Å². The van der Waals surface area contributed by atoms with Crippen LogP contribution >= 0.6 is 0 Å². The van der Waals surface area contributed by atoms with E-state index in [-0.39, 0.29) is 0 Å². The summed E-state index contributed by atoms with van der Waals surface area (Å²) < 4.78 is 1.96. The molecule has 0 spiro atoms. The maximum absolute atomic E-state index is 5.97. The van der Waals surface area contributed by atoms with Crippen LogP contribution in [0.3, 0.4) is 0 Å². The van der Waals surface area contributed by atoms with E-state index in [1.54, 1.807) is 6.20 Å². The van der Waals surface area contributed by atoms with Crippen LogP contribution in [0.15, 0.2) is 24.7 Å². The van der Waals surface area contributed by atoms with Gasteiger partial charge in [0, 0.05) is 25.0 Å². The number of aromatic nitrogens is 3. The first-order valence-electron chi connectivity index (χ1n) is 5.47. The van der Waals surface area contributed by atoms with Crippen LogP contribution in [-0.2, 0) is 6.42 Å². The lowest BCUT2D eigenvalue weighted by molar-refractivity contribution is 0.799. The first-order valence-corrected chi connectivity index (χ1v) is 5.47. The summed E-state index contributed by atoms with van der Waals surface area (Å²) in [6, 6.07) is 1.93. The van der Waals surface area contributed by atoms with Gasteiger partial charge in [-0.05, 0) is 25.0 Å². The van der Waals surface area contributed by atoms with Gasteiger partial charge >= 0.3 is 0 Å². The first-order chi connectivity index (χ1) is 7.72. The molecule has 2 aromatic heterocycles. The minimum absolute atomic E-state index is 0.690. The average Bonchev–Trinajstić information content (AvgIpc) is 2.67. The lowest BCUT2D eigenvalue weighted by Crippen LogP contribution is -2.06. The monoisotopic (exact) mass is 216 g/mol. The van der Waals surface area contributed by atoms with Crippen LogP contribution in [0.25, 0.3) is 5.82 Å². The lowest BCUT2D eigenvalue weighted by atomic mass is 10.2. The highest BCUT2D eigenvalue weighted by molar-refractivity contribution is 5.54. The van der Waals surface area contributed by atoms with Gasteiger partial charge in [0.1, 0.15) is 5.82 Å². The zero-order chi connectivity index (χ0) is 11.5. The van der Waals surface area contributed by atoms with Crippen molar-refractivity contribution in [1.82, 2.24) is 14.5 Å². The van der Waals surface area contributed by atoms with E-state index in [1.165, 1.54) is 0 Å². The van der Waals surface area contributed by atoms with Gasteiger partial charge in [-0.1, -0.05) is 6.92 Å². The Morgan fingerprint density at radius 1 is 1.38 bits per heavy atom. The molecule has 0 saturated carbocycles. The van der Waals surface area contributed by atoms with Crippen LogP contribution in [0.2, 0.25) is 0 Å². The molecule has 0 aliphatic rings. The Balaban J connectivity index is 2.46. The van der Waals surface area contributed by atoms with E-state index in [4.69, 9.17) is 5.73 Å². The third-order valence-electron chi connectivity index (χ3n) is 2.45. The van der Waals surface area contributed by atoms with Crippen LogP contribution in [0.1, 0.15) is 24.7 Å². The van der Waals surface area contributed by atoms with Crippen LogP contribution in [0.5, 0.6) is 0 Å². The molecule has 2 heterocycles. The van der Waals surface area contributed by atoms with E-state index in [2.05, 4.69) is 16.9 Å². The van der Waals surface area contributed by atoms with Crippen LogP contribution in [-0.4, -0.2) is 14.5 Å². The third-order valence-corrected chi connectivity index (χ3v) is 2.45. The molecule has 0 aliphatic carbocycles. The number of imidazole rings is 1. The molecule has 0 saturated heterocycles. The van der Waals surface area contributed by atoms with Crippen LogP contribution in [0.4, 0.5) is 5.69 Å². The van der Waals surface area contributed by atoms with Gasteiger partial charge in [-0.3, -0.25) is 4.57 Å². The molecule has 0 atom stereocenters. The number of hydrogen-bond acceptors (Lipinski definition) is 3. The summed E-state index contributed by atoms with van der Waals surface area (Å²) in [6.07, 6.45) is 7.50. The fourth-order valence-corrected chi connectivity index (χ4v) is 1.72. The number of rotatable bonds is 3. The molecule has 2 rings (SSSR count). The van der Waals surface area contributed by atoms with Gasteiger partial charge in [0.2, 0.25) is 0 Å². The van der Waals surface area contributed by atoms with E-state index < -0.39 is 0 Å². The second-order valence-electron chi connectivity index (χ2n) is 3.89. The van der Waals surface area contributed by atoms with Gasteiger partial charge in [0.25, 0.3) is 0 Å². The van der Waals surface area contributed by atoms with Gasteiger partial charge in [-0.25, -0.2) is 9.97 Å². The van der Waals surface area contributed by atoms with E-state index >= 15 is 0 Å². The van der Waals surface area contributed by atoms with Crippen LogP contribution < -0.4 is 5.73 Å². The van der Waals surface area contributed by atoms with E-state index in [1.807, 2.05) is 30.0 Å². The number of pyridine rings is 1. The number of hydrogen-bond donors (Lipinski definition) is 1. The molecule has 0 bridgehead atoms. The largest absolute Gasteiger partial charge is 0.396 e. The van der Waals surface area contributed by atoms with Crippen molar-refractivity contribution in [2.24, 2.45) is 0 Å². The molecule has 0 aromatic carbocycles. The molecule has 0 fully saturated rings. The van der Waals surface area contributed by atoms with Crippen molar-refractivity contribution in [2.75, 3.05) is 5.73 Å². The average molecular weight is 216 g/mol. The molecule has 0 unspecified atom stereocenters. The third kappa shape index (κ3) is 1.91. The van der Waals surface area contributed by atoms with Crippen molar-refractivity contribution in [3.05, 3.63) is 36.0 Å². The number of anilines is 1. The summed E-state index contributed by atoms with van der Waals surface area (Å²) in [5.41, 5.74) is 7.72. The highest BCUT2D eigenvalue weighted by Crippen LogP contribution is 2.17. The molecule has 2 aromatic rings. The molecule has 2 N–H and O–H groups in total. The highest BCUT2D eigenvalue weighted by Gasteiger charge is 2.08. The van der Waals surface area contributed by atoms with E-state index in [0.717, 1.165) is 30.0 Å². The maximum atomic E-state index is 5.97. The zero-order valence-electron chi connectivity index (χ0n) is 9.64. The standard InChI is InChI=1S/C12H16N4/c1-3-4-11-14-5-6-16(11)12-10(13)7-9(2)8-15-12/h5-8H,3-4,13H2,1-2H3. The number of nitrogens with zero attached hydrogens (tertiary/aromatic N) is 3. The molecule has 4 nitrogen and oxygen atoms in total. The summed E-state index contributed by atoms with van der Waals surface area (Å²) in [6.45, 7) is 4.11. The van der Waals surface area contributed by atoms with E-state index in [9.17, 15) is 0 Å². The summed E-state index contributed by atoms with van der Waals surface area (Å²) in [7, 11) is 0. The van der Waals surface area contributed by atoms with E-state index in [0.29, 0.717) is 5.69 Å². The van der Waals surface area contributed by atoms with Crippen LogP contribution in [0, 0.1) is 6.92 Å². The van der Waals surface area contributed by atoms with Gasteiger partial charge < -0.3 is 5.73 Å². The summed E-state index contributed by atoms with van der Waals surface area (Å²) in [4.78, 5) is 8.67. The Morgan fingerprint density at radius 2 is 2.19 bits per heavy atom. The number of nitrogen functional groups attached to an aromatic ring is 1. The SMILES string of the molecule is CCCc1nccn1-c1ncc(C)cc1N. The smallest absolute Gasteiger partial charge is 0.161 e. The molecular weight excluding hydrogens is 200 g/mol. The highest BCUT2D eigenvalue weighted by atomic mass is 15.1. The lowest BCUT2D eigenvalue weighted by Gasteiger charge is -2.09. The fraction of sp³-hybridized carbons (Fsp3) is 0.333. The summed E-state index contributed by atoms with van der Waals surface area (Å²) >= 11 is 0. The Kier molecular flexibility index (Phi) is 2.90. The van der Waals surface area contributed by atoms with Gasteiger partial charge in [0.15, 0.2) is 5.82 Å². The van der Waals surface area contributed by atoms with Crippen molar-refractivity contribution in [3.8, 4) is 5.82 Å². The molecule has 16 heavy (non-hydrogen) atoms. The normalized spacial score (nSPS) is 10.6. The van der Waals surface area contributed by atoms with Crippen molar-refractivity contribution in [2.45, 2.75) is 26.7 Å². The van der Waals surface area contributed by atoms with Crippen molar-refractivity contribution >= 4 is 5.69 Å². The van der Waals surface area contributed by atoms with Crippen molar-refractivity contribution in [3.63, 3.8) is 0 Å². The molecule has 84 valence electrons. The fourth-order valence-electron chi connectivity index (χ4n) is 1.72. The number of nitrogens with two attached hydrogens (primary N) is 1. The van der Waals surface area contributed by atoms with Gasteiger partial charge in [-0.15, -0.1) is 0 Å². The first kappa shape index (κ1) is 10.7. The summed E-state index contributed by atoms with van der Waals surface area (Å²) in [5, 5.41) is 0. The maximum Gasteiger partial charge on any atom is 0.161 e. The molecule has 0 radical (unpaired) electrons.